The summed E-state index contributed by atoms with van der Waals surface area (Å²) >= 11 is 0. The lowest BCUT2D eigenvalue weighted by molar-refractivity contribution is 0.0530. The average molecular weight is 318 g/mol. The maximum Gasteiger partial charge on any atom is 0.407 e. The van der Waals surface area contributed by atoms with E-state index in [2.05, 4.69) is 26.2 Å². The summed E-state index contributed by atoms with van der Waals surface area (Å²) in [5, 5.41) is 17.4. The van der Waals surface area contributed by atoms with Gasteiger partial charge < -0.3 is 15.4 Å². The van der Waals surface area contributed by atoms with Gasteiger partial charge >= 0.3 is 6.09 Å². The molecule has 8 nitrogen and oxygen atoms in total. The first-order valence-electron chi connectivity index (χ1n) is 7.39. The fourth-order valence-electron chi connectivity index (χ4n) is 1.93. The number of alkyl carbamates (subject to hydrolysis) is 1. The van der Waals surface area contributed by atoms with Crippen LogP contribution in [0, 0.1) is 0 Å². The van der Waals surface area contributed by atoms with E-state index in [1.165, 1.54) is 0 Å². The van der Waals surface area contributed by atoms with Gasteiger partial charge in [0.25, 0.3) is 0 Å². The van der Waals surface area contributed by atoms with E-state index in [1.54, 1.807) is 11.7 Å². The van der Waals surface area contributed by atoms with Crippen LogP contribution in [-0.4, -0.2) is 45.0 Å². The Morgan fingerprint density at radius 3 is 2.74 bits per heavy atom. The minimum absolute atomic E-state index is 0.418. The molecule has 0 aliphatic heterocycles. The Labute approximate surface area is 135 Å². The van der Waals surface area contributed by atoms with Crippen molar-refractivity contribution in [3.05, 3.63) is 24.3 Å². The number of anilines is 1. The molecule has 0 aliphatic carbocycles. The van der Waals surface area contributed by atoms with Gasteiger partial charge in [0.2, 0.25) is 0 Å². The van der Waals surface area contributed by atoms with Crippen LogP contribution >= 0.6 is 0 Å². The van der Waals surface area contributed by atoms with Crippen molar-refractivity contribution in [1.29, 1.82) is 0 Å². The Bertz CT molecular complexity index is 662. The molecule has 0 saturated carbocycles. The van der Waals surface area contributed by atoms with Crippen LogP contribution in [0.4, 0.5) is 10.5 Å². The van der Waals surface area contributed by atoms with E-state index in [1.807, 2.05) is 45.0 Å². The highest BCUT2D eigenvalue weighted by Crippen LogP contribution is 2.19. The maximum absolute atomic E-state index is 11.5. The van der Waals surface area contributed by atoms with E-state index in [4.69, 9.17) is 4.74 Å². The van der Waals surface area contributed by atoms with E-state index in [9.17, 15) is 4.79 Å². The summed E-state index contributed by atoms with van der Waals surface area (Å²) in [5.41, 5.74) is 1.36. The zero-order chi connectivity index (χ0) is 16.9. The zero-order valence-corrected chi connectivity index (χ0v) is 13.8. The number of ether oxygens (including phenoxy) is 1. The van der Waals surface area contributed by atoms with Crippen LogP contribution < -0.4 is 10.6 Å². The average Bonchev–Trinajstić information content (AvgIpc) is 2.88. The number of nitrogens with one attached hydrogen (secondary N) is 2. The lowest BCUT2D eigenvalue weighted by Gasteiger charge is -2.19. The molecular weight excluding hydrogens is 296 g/mol. The van der Waals surface area contributed by atoms with Crippen molar-refractivity contribution in [1.82, 2.24) is 25.5 Å². The molecule has 0 unspecified atom stereocenters. The van der Waals surface area contributed by atoms with Gasteiger partial charge in [-0.1, -0.05) is 12.1 Å². The molecule has 2 rings (SSSR count). The lowest BCUT2D eigenvalue weighted by Crippen LogP contribution is -2.34. The van der Waals surface area contributed by atoms with Crippen molar-refractivity contribution in [3.63, 3.8) is 0 Å². The van der Waals surface area contributed by atoms with Crippen LogP contribution in [0.5, 0.6) is 0 Å². The minimum Gasteiger partial charge on any atom is -0.444 e. The second-order valence-corrected chi connectivity index (χ2v) is 6.06. The second-order valence-electron chi connectivity index (χ2n) is 6.06. The number of aromatic nitrogens is 4. The summed E-state index contributed by atoms with van der Waals surface area (Å²) in [6, 6.07) is 7.77. The summed E-state index contributed by atoms with van der Waals surface area (Å²) in [4.78, 5) is 11.5. The second kappa shape index (κ2) is 7.08. The first-order chi connectivity index (χ1) is 10.8. The quantitative estimate of drug-likeness (QED) is 0.817. The third-order valence-electron chi connectivity index (χ3n) is 2.86. The van der Waals surface area contributed by atoms with Crippen LogP contribution in [0.25, 0.3) is 11.4 Å². The zero-order valence-electron chi connectivity index (χ0n) is 13.8. The Balaban J connectivity index is 1.83. The summed E-state index contributed by atoms with van der Waals surface area (Å²) in [6.07, 6.45) is -0.418. The first-order valence-corrected chi connectivity index (χ1v) is 7.39. The van der Waals surface area contributed by atoms with Crippen molar-refractivity contribution >= 4 is 11.8 Å². The number of hydrogen-bond donors (Lipinski definition) is 2. The molecule has 0 bridgehead atoms. The molecule has 23 heavy (non-hydrogen) atoms. The molecule has 2 N–H and O–H groups in total. The fraction of sp³-hybridized carbons (Fsp3) is 0.467. The van der Waals surface area contributed by atoms with Gasteiger partial charge in [-0.15, -0.1) is 5.10 Å². The normalized spacial score (nSPS) is 11.1. The van der Waals surface area contributed by atoms with Crippen molar-refractivity contribution in [3.8, 4) is 11.4 Å². The predicted molar refractivity (Wildman–Crippen MR) is 87.0 cm³/mol. The minimum atomic E-state index is -0.490. The largest absolute Gasteiger partial charge is 0.444 e. The molecule has 0 spiro atoms. The lowest BCUT2D eigenvalue weighted by atomic mass is 10.2. The number of carbonyl (C=O) groups is 1. The topological polar surface area (TPSA) is 94.0 Å². The van der Waals surface area contributed by atoms with Crippen molar-refractivity contribution in [2.24, 2.45) is 7.05 Å². The van der Waals surface area contributed by atoms with Crippen molar-refractivity contribution < 1.29 is 9.53 Å². The SMILES string of the molecule is Cn1nnnc1-c1cccc(NCCNC(=O)OC(C)(C)C)c1. The van der Waals surface area contributed by atoms with Gasteiger partial charge in [-0.25, -0.2) is 9.48 Å². The number of aryl methyl sites for hydroxylation is 1. The van der Waals surface area contributed by atoms with Crippen LogP contribution in [0.2, 0.25) is 0 Å². The van der Waals surface area contributed by atoms with E-state index in [0.29, 0.717) is 18.9 Å². The third kappa shape index (κ3) is 5.24. The van der Waals surface area contributed by atoms with Gasteiger partial charge in [0.05, 0.1) is 0 Å². The van der Waals surface area contributed by atoms with E-state index in [-0.39, 0.29) is 0 Å². The molecule has 1 heterocycles. The predicted octanol–water partition coefficient (Wildman–Crippen LogP) is 1.81. The first kappa shape index (κ1) is 16.7. The van der Waals surface area contributed by atoms with Crippen LogP contribution in [-0.2, 0) is 11.8 Å². The number of benzene rings is 1. The van der Waals surface area contributed by atoms with Gasteiger partial charge in [-0.05, 0) is 43.3 Å². The standard InChI is InChI=1S/C15H22N6O2/c1-15(2,3)23-14(22)17-9-8-16-12-7-5-6-11(10-12)13-18-19-20-21(13)4/h5-7,10,16H,8-9H2,1-4H3,(H,17,22). The molecule has 124 valence electrons. The van der Waals surface area contributed by atoms with Gasteiger partial charge in [0, 0.05) is 31.4 Å². The number of carbonyl (C=O) groups excluding carboxylic acids is 1. The van der Waals surface area contributed by atoms with Crippen LogP contribution in [0.1, 0.15) is 20.8 Å². The Hall–Kier alpha value is -2.64. The summed E-state index contributed by atoms with van der Waals surface area (Å²) in [6.45, 7) is 6.54. The van der Waals surface area contributed by atoms with Gasteiger partial charge in [-0.2, -0.15) is 0 Å². The van der Waals surface area contributed by atoms with E-state index >= 15 is 0 Å². The number of tetrazole rings is 1. The molecule has 0 aliphatic rings. The number of amides is 1. The summed E-state index contributed by atoms with van der Waals surface area (Å²) in [7, 11) is 1.79. The Kier molecular flexibility index (Phi) is 5.15. The molecule has 2 aromatic rings. The number of rotatable bonds is 5. The molecule has 0 saturated heterocycles. The van der Waals surface area contributed by atoms with Crippen LogP contribution in [0.15, 0.2) is 24.3 Å². The molecule has 1 aromatic heterocycles. The van der Waals surface area contributed by atoms with Crippen LogP contribution in [0.3, 0.4) is 0 Å². The highest BCUT2D eigenvalue weighted by molar-refractivity contribution is 5.67. The summed E-state index contributed by atoms with van der Waals surface area (Å²) in [5.74, 6) is 0.695. The molecule has 1 aromatic carbocycles. The van der Waals surface area contributed by atoms with Crippen molar-refractivity contribution in [2.75, 3.05) is 18.4 Å². The number of hydrogen-bond acceptors (Lipinski definition) is 6. The summed E-state index contributed by atoms with van der Waals surface area (Å²) < 4.78 is 6.78. The third-order valence-corrected chi connectivity index (χ3v) is 2.86. The smallest absolute Gasteiger partial charge is 0.407 e. The van der Waals surface area contributed by atoms with Gasteiger partial charge in [0.1, 0.15) is 5.60 Å². The fourth-order valence-corrected chi connectivity index (χ4v) is 1.93. The highest BCUT2D eigenvalue weighted by atomic mass is 16.6. The molecule has 1 amide bonds. The molecule has 8 heteroatoms. The number of nitrogens with zero attached hydrogens (tertiary/aromatic N) is 4. The van der Waals surface area contributed by atoms with Gasteiger partial charge in [-0.3, -0.25) is 0 Å². The molecule has 0 fully saturated rings. The maximum atomic E-state index is 11.5. The molecule has 0 atom stereocenters. The Morgan fingerprint density at radius 2 is 2.09 bits per heavy atom. The molecular formula is C15H22N6O2. The van der Waals surface area contributed by atoms with Gasteiger partial charge in [0.15, 0.2) is 5.82 Å². The molecule has 0 radical (unpaired) electrons. The van der Waals surface area contributed by atoms with E-state index in [0.717, 1.165) is 11.3 Å². The Morgan fingerprint density at radius 1 is 1.30 bits per heavy atom. The van der Waals surface area contributed by atoms with Crippen molar-refractivity contribution in [2.45, 2.75) is 26.4 Å². The monoisotopic (exact) mass is 318 g/mol. The van der Waals surface area contributed by atoms with E-state index < -0.39 is 11.7 Å². The highest BCUT2D eigenvalue weighted by Gasteiger charge is 2.15.